The second-order valence-electron chi connectivity index (χ2n) is 7.53. The Bertz CT molecular complexity index is 574. The van der Waals surface area contributed by atoms with Gasteiger partial charge in [-0.05, 0) is 22.5 Å². The summed E-state index contributed by atoms with van der Waals surface area (Å²) in [6, 6.07) is 15.2. The summed E-state index contributed by atoms with van der Waals surface area (Å²) < 4.78 is 0. The van der Waals surface area contributed by atoms with Gasteiger partial charge in [-0.25, -0.2) is 0 Å². The number of hydrogen-bond donors (Lipinski definition) is 2. The maximum absolute atomic E-state index is 9.48. The Balaban J connectivity index is -0.000000347. The maximum Gasteiger partial charge on any atom is 0.114 e. The van der Waals surface area contributed by atoms with Crippen LogP contribution in [0.1, 0.15) is 0 Å². The zero-order valence-corrected chi connectivity index (χ0v) is 22.2. The van der Waals surface area contributed by atoms with E-state index in [1.807, 2.05) is 43.1 Å². The molecule has 26 heavy (non-hydrogen) atoms. The van der Waals surface area contributed by atoms with Gasteiger partial charge in [-0.1, -0.05) is 82.3 Å². The molecule has 2 aromatic carbocycles. The molecule has 1 atom stereocenters. The van der Waals surface area contributed by atoms with Crippen LogP contribution in [0.25, 0.3) is 0 Å². The van der Waals surface area contributed by atoms with E-state index in [9.17, 15) is 10.2 Å². The Labute approximate surface area is 181 Å². The molecule has 0 spiro atoms. The Kier molecular flexibility index (Phi) is 16.2. The van der Waals surface area contributed by atoms with Crippen LogP contribution in [0.4, 0.5) is 0 Å². The number of phenolic OH excluding ortho intramolecular Hbond substituents is 2. The van der Waals surface area contributed by atoms with Crippen LogP contribution in [0.2, 0.25) is 39.3 Å². The van der Waals surface area contributed by atoms with Crippen molar-refractivity contribution in [1.82, 2.24) is 0 Å². The molecule has 0 saturated heterocycles. The summed E-state index contributed by atoms with van der Waals surface area (Å²) in [5.41, 5.74) is 0. The van der Waals surface area contributed by atoms with Crippen molar-refractivity contribution in [2.75, 3.05) is 6.66 Å². The van der Waals surface area contributed by atoms with E-state index in [0.717, 1.165) is 10.4 Å². The van der Waals surface area contributed by atoms with Crippen LogP contribution in [0.3, 0.4) is 0 Å². The zero-order valence-electron chi connectivity index (χ0n) is 16.9. The van der Waals surface area contributed by atoms with E-state index >= 15 is 0 Å². The summed E-state index contributed by atoms with van der Waals surface area (Å²) in [6.45, 7) is 15.3. The summed E-state index contributed by atoms with van der Waals surface area (Å²) >= 11 is 0. The number of rotatable bonds is 2. The first-order valence-electron chi connectivity index (χ1n) is 8.18. The predicted octanol–water partition coefficient (Wildman–Crippen LogP) is 4.79. The fourth-order valence-electron chi connectivity index (χ4n) is 2.22. The van der Waals surface area contributed by atoms with E-state index < -0.39 is 16.1 Å². The molecule has 2 aromatic rings. The van der Waals surface area contributed by atoms with Crippen molar-refractivity contribution in [3.8, 4) is 11.5 Å². The minimum atomic E-state index is -1.33. The first kappa shape index (κ1) is 30.5. The standard InChI is InChI=1S/2C9H14OSi.CH5P.ClH.Cr/c2*1-11(2,3)9-7-5-4-6-8(9)10;1-2;;/h2*4-7,10H,1-3H3;2H2,1H3;1H;. The smallest absolute Gasteiger partial charge is 0.114 e. The number of halogens is 1. The Morgan fingerprint density at radius 3 is 1.00 bits per heavy atom. The van der Waals surface area contributed by atoms with Crippen LogP contribution in [0.15, 0.2) is 48.5 Å². The summed E-state index contributed by atoms with van der Waals surface area (Å²) in [5, 5.41) is 21.2. The molecule has 148 valence electrons. The van der Waals surface area contributed by atoms with Crippen LogP contribution in [0, 0.1) is 0 Å². The fourth-order valence-corrected chi connectivity index (χ4v) is 5.11. The molecule has 0 bridgehead atoms. The number of benzene rings is 2. The van der Waals surface area contributed by atoms with E-state index in [-0.39, 0.29) is 29.8 Å². The molecule has 0 aromatic heterocycles. The minimum Gasteiger partial charge on any atom is -0.508 e. The summed E-state index contributed by atoms with van der Waals surface area (Å²) in [5.74, 6) is 0.901. The van der Waals surface area contributed by atoms with Gasteiger partial charge in [0.05, 0.1) is 16.1 Å². The Morgan fingerprint density at radius 2 is 0.846 bits per heavy atom. The van der Waals surface area contributed by atoms with Gasteiger partial charge < -0.3 is 10.2 Å². The molecule has 0 aliphatic carbocycles. The summed E-state index contributed by atoms with van der Waals surface area (Å²) in [7, 11) is -0.239. The third-order valence-corrected chi connectivity index (χ3v) is 7.50. The monoisotopic (exact) mass is 468 g/mol. The molecule has 0 amide bonds. The van der Waals surface area contributed by atoms with Crippen molar-refractivity contribution in [3.05, 3.63) is 48.5 Å². The summed E-state index contributed by atoms with van der Waals surface area (Å²) in [4.78, 5) is 0. The fraction of sp³-hybridized carbons (Fsp3) is 0.368. The second kappa shape index (κ2) is 13.8. The Hall–Kier alpha value is -0.274. The van der Waals surface area contributed by atoms with Gasteiger partial charge in [0.1, 0.15) is 11.5 Å². The summed E-state index contributed by atoms with van der Waals surface area (Å²) in [6.07, 6.45) is 0. The van der Waals surface area contributed by atoms with Crippen molar-refractivity contribution in [1.29, 1.82) is 0 Å². The van der Waals surface area contributed by atoms with E-state index in [4.69, 9.17) is 0 Å². The molecule has 0 radical (unpaired) electrons. The molecule has 2 N–H and O–H groups in total. The third kappa shape index (κ3) is 10.8. The average Bonchev–Trinajstić information content (AvgIpc) is 2.48. The normalized spacial score (nSPS) is 10.0. The molecule has 0 saturated carbocycles. The topological polar surface area (TPSA) is 40.5 Å². The quantitative estimate of drug-likeness (QED) is 0.491. The van der Waals surface area contributed by atoms with Gasteiger partial charge in [-0.2, -0.15) is 0 Å². The molecule has 0 fully saturated rings. The van der Waals surface area contributed by atoms with E-state index in [0.29, 0.717) is 11.5 Å². The molecule has 0 aliphatic rings. The average molecular weight is 469 g/mol. The molecule has 1 unspecified atom stereocenters. The minimum absolute atomic E-state index is 0. The maximum atomic E-state index is 9.48. The molecule has 2 nitrogen and oxygen atoms in total. The number of para-hydroxylation sites is 2. The zero-order chi connectivity index (χ0) is 19.0. The largest absolute Gasteiger partial charge is 0.508 e. The van der Waals surface area contributed by atoms with Crippen LogP contribution in [-0.2, 0) is 17.4 Å². The van der Waals surface area contributed by atoms with Gasteiger partial charge in [0.25, 0.3) is 0 Å². The van der Waals surface area contributed by atoms with E-state index in [1.165, 1.54) is 0 Å². The molecule has 0 aliphatic heterocycles. The van der Waals surface area contributed by atoms with Gasteiger partial charge in [0.15, 0.2) is 0 Å². The number of phenols is 2. The first-order valence-corrected chi connectivity index (χ1v) is 16.3. The second-order valence-corrected chi connectivity index (χ2v) is 17.6. The van der Waals surface area contributed by atoms with Crippen molar-refractivity contribution in [2.45, 2.75) is 39.3 Å². The number of hydrogen-bond acceptors (Lipinski definition) is 2. The van der Waals surface area contributed by atoms with Gasteiger partial charge in [-0.3, -0.25) is 0 Å². The molecule has 0 heterocycles. The van der Waals surface area contributed by atoms with Gasteiger partial charge in [0.2, 0.25) is 0 Å². The van der Waals surface area contributed by atoms with E-state index in [1.54, 1.807) is 12.1 Å². The van der Waals surface area contributed by atoms with Crippen LogP contribution in [-0.4, -0.2) is 33.0 Å². The van der Waals surface area contributed by atoms with Crippen molar-refractivity contribution in [3.63, 3.8) is 0 Å². The molecule has 2 rings (SSSR count). The van der Waals surface area contributed by atoms with Crippen LogP contribution < -0.4 is 10.4 Å². The van der Waals surface area contributed by atoms with Crippen LogP contribution in [0.5, 0.6) is 11.5 Å². The van der Waals surface area contributed by atoms with Gasteiger partial charge >= 0.3 is 0 Å². The third-order valence-electron chi connectivity index (χ3n) is 3.42. The SMILES string of the molecule is CP.C[Si](C)(C)c1ccccc1O.C[Si](C)(C)c1ccccc1O.Cl.[Cr]. The Morgan fingerprint density at radius 1 is 0.615 bits per heavy atom. The van der Waals surface area contributed by atoms with Gasteiger partial charge in [0, 0.05) is 17.4 Å². The van der Waals surface area contributed by atoms with Crippen molar-refractivity contribution >= 4 is 48.2 Å². The first-order chi connectivity index (χ1) is 11.0. The van der Waals surface area contributed by atoms with E-state index in [2.05, 4.69) is 48.5 Å². The molecular formula is C19H34ClCrO2PSi2. The number of aromatic hydroxyl groups is 2. The van der Waals surface area contributed by atoms with Gasteiger partial charge in [-0.15, -0.1) is 21.6 Å². The van der Waals surface area contributed by atoms with Crippen molar-refractivity contribution in [2.24, 2.45) is 0 Å². The van der Waals surface area contributed by atoms with Crippen molar-refractivity contribution < 1.29 is 27.6 Å². The predicted molar refractivity (Wildman–Crippen MR) is 125 cm³/mol. The van der Waals surface area contributed by atoms with Crippen LogP contribution >= 0.6 is 21.6 Å². The molecular weight excluding hydrogens is 435 g/mol. The molecule has 7 heteroatoms.